The Hall–Kier alpha value is -1.34. The maximum Gasteiger partial charge on any atom is 0.326 e. The third kappa shape index (κ3) is 2.73. The molecule has 0 unspecified atom stereocenters. The average molecular weight is 260 g/mol. The van der Waals surface area contributed by atoms with Gasteiger partial charge in [0.05, 0.1) is 18.2 Å². The van der Waals surface area contributed by atoms with Gasteiger partial charge in [-0.25, -0.2) is 9.59 Å². The summed E-state index contributed by atoms with van der Waals surface area (Å²) in [7, 11) is 1.50. The summed E-state index contributed by atoms with van der Waals surface area (Å²) >= 11 is 0. The number of rotatable bonds is 3. The predicted octanol–water partition coefficient (Wildman–Crippen LogP) is -0.671. The fourth-order valence-corrected chi connectivity index (χ4v) is 1.82. The highest BCUT2D eigenvalue weighted by molar-refractivity contribution is 5.83. The molecule has 2 atom stereocenters. The van der Waals surface area contributed by atoms with E-state index in [0.717, 1.165) is 4.90 Å². The monoisotopic (exact) mass is 260 g/mol. The number of hydrogen-bond donors (Lipinski definition) is 3. The zero-order valence-corrected chi connectivity index (χ0v) is 10.8. The number of carboxylic acids is 1. The molecule has 0 aromatic rings. The van der Waals surface area contributed by atoms with Crippen molar-refractivity contribution in [2.24, 2.45) is 0 Å². The molecule has 1 fully saturated rings. The van der Waals surface area contributed by atoms with Crippen LogP contribution in [0.25, 0.3) is 0 Å². The minimum atomic E-state index is -1.13. The Labute approximate surface area is 106 Å². The highest BCUT2D eigenvalue weighted by Crippen LogP contribution is 2.22. The lowest BCUT2D eigenvalue weighted by molar-refractivity contribution is -0.141. The van der Waals surface area contributed by atoms with Crippen LogP contribution in [0, 0.1) is 0 Å². The summed E-state index contributed by atoms with van der Waals surface area (Å²) in [5.74, 6) is -1.13. The van der Waals surface area contributed by atoms with Gasteiger partial charge in [0.2, 0.25) is 0 Å². The first-order valence-corrected chi connectivity index (χ1v) is 5.77. The molecule has 1 heterocycles. The third-order valence-corrected chi connectivity index (χ3v) is 3.39. The minimum Gasteiger partial charge on any atom is -0.480 e. The van der Waals surface area contributed by atoms with Gasteiger partial charge in [-0.2, -0.15) is 0 Å². The van der Waals surface area contributed by atoms with Gasteiger partial charge in [-0.3, -0.25) is 0 Å². The number of carbonyl (C=O) groups is 2. The van der Waals surface area contributed by atoms with Gasteiger partial charge < -0.3 is 25.1 Å². The van der Waals surface area contributed by atoms with Gasteiger partial charge in [-0.1, -0.05) is 0 Å². The number of nitrogens with zero attached hydrogens (tertiary/aromatic N) is 2. The van der Waals surface area contributed by atoms with Gasteiger partial charge in [0, 0.05) is 20.0 Å². The molecular weight excluding hydrogens is 240 g/mol. The van der Waals surface area contributed by atoms with E-state index < -0.39 is 29.7 Å². The number of urea groups is 1. The molecule has 1 aliphatic heterocycles. The molecule has 2 amide bonds. The van der Waals surface area contributed by atoms with Gasteiger partial charge in [0.25, 0.3) is 0 Å². The van der Waals surface area contributed by atoms with Crippen LogP contribution in [0.1, 0.15) is 20.3 Å². The van der Waals surface area contributed by atoms with Crippen molar-refractivity contribution >= 4 is 12.0 Å². The summed E-state index contributed by atoms with van der Waals surface area (Å²) in [5, 5.41) is 27.7. The van der Waals surface area contributed by atoms with E-state index in [9.17, 15) is 19.8 Å². The van der Waals surface area contributed by atoms with Crippen LogP contribution in [0.4, 0.5) is 4.79 Å². The largest absolute Gasteiger partial charge is 0.480 e. The van der Waals surface area contributed by atoms with Crippen LogP contribution in [0.3, 0.4) is 0 Å². The van der Waals surface area contributed by atoms with Crippen molar-refractivity contribution in [2.75, 3.05) is 20.2 Å². The van der Waals surface area contributed by atoms with E-state index in [2.05, 4.69) is 0 Å². The van der Waals surface area contributed by atoms with Crippen molar-refractivity contribution in [1.29, 1.82) is 0 Å². The van der Waals surface area contributed by atoms with Crippen LogP contribution >= 0.6 is 0 Å². The molecule has 104 valence electrons. The molecule has 0 aliphatic carbocycles. The minimum absolute atomic E-state index is 0.00164. The SMILES string of the molecule is CN(C(=O)N1C[C@H](O)C[C@@H]1C(=O)O)C(C)(C)CO. The second-order valence-electron chi connectivity index (χ2n) is 5.21. The molecule has 0 aromatic heterocycles. The van der Waals surface area contributed by atoms with Crippen LogP contribution in [-0.2, 0) is 4.79 Å². The third-order valence-electron chi connectivity index (χ3n) is 3.39. The standard InChI is InChI=1S/C11H20N2O5/c1-11(2,6-14)12(3)10(18)13-5-7(15)4-8(13)9(16)17/h7-8,14-15H,4-6H2,1-3H3,(H,16,17)/t7-,8-/m1/s1. The lowest BCUT2D eigenvalue weighted by Gasteiger charge is -2.37. The highest BCUT2D eigenvalue weighted by atomic mass is 16.4. The second-order valence-corrected chi connectivity index (χ2v) is 5.21. The molecule has 1 rings (SSSR count). The number of carboxylic acid groups (broad SMARTS) is 1. The smallest absolute Gasteiger partial charge is 0.326 e. The molecule has 1 saturated heterocycles. The van der Waals surface area contributed by atoms with E-state index in [-0.39, 0.29) is 19.6 Å². The fraction of sp³-hybridized carbons (Fsp3) is 0.818. The van der Waals surface area contributed by atoms with E-state index in [1.807, 2.05) is 0 Å². The first-order chi connectivity index (χ1) is 8.20. The first kappa shape index (κ1) is 14.7. The van der Waals surface area contributed by atoms with Crippen molar-refractivity contribution in [3.8, 4) is 0 Å². The van der Waals surface area contributed by atoms with Gasteiger partial charge in [-0.15, -0.1) is 0 Å². The number of likely N-dealkylation sites (N-methyl/N-ethyl adjacent to an activating group) is 1. The van der Waals surface area contributed by atoms with Crippen LogP contribution < -0.4 is 0 Å². The van der Waals surface area contributed by atoms with Gasteiger partial charge in [-0.05, 0) is 13.8 Å². The van der Waals surface area contributed by atoms with Crippen molar-refractivity contribution in [3.05, 3.63) is 0 Å². The predicted molar refractivity (Wildman–Crippen MR) is 63.1 cm³/mol. The number of carbonyl (C=O) groups excluding carboxylic acids is 1. The summed E-state index contributed by atoms with van der Waals surface area (Å²) in [6, 6.07) is -1.51. The highest BCUT2D eigenvalue weighted by Gasteiger charge is 2.42. The Balaban J connectivity index is 2.86. The van der Waals surface area contributed by atoms with E-state index in [1.165, 1.54) is 11.9 Å². The number of aliphatic hydroxyl groups is 2. The van der Waals surface area contributed by atoms with Gasteiger partial charge in [0.1, 0.15) is 6.04 Å². The van der Waals surface area contributed by atoms with Gasteiger partial charge >= 0.3 is 12.0 Å². The van der Waals surface area contributed by atoms with E-state index in [1.54, 1.807) is 13.8 Å². The molecule has 0 bridgehead atoms. The molecule has 7 heteroatoms. The lowest BCUT2D eigenvalue weighted by atomic mass is 10.1. The quantitative estimate of drug-likeness (QED) is 0.624. The number of amides is 2. The fourth-order valence-electron chi connectivity index (χ4n) is 1.82. The van der Waals surface area contributed by atoms with Crippen LogP contribution in [0.15, 0.2) is 0 Å². The van der Waals surface area contributed by atoms with Crippen LogP contribution in [0.2, 0.25) is 0 Å². The number of aliphatic carboxylic acids is 1. The maximum absolute atomic E-state index is 12.2. The molecule has 0 spiro atoms. The molecule has 3 N–H and O–H groups in total. The molecule has 1 aliphatic rings. The Morgan fingerprint density at radius 2 is 2.00 bits per heavy atom. The van der Waals surface area contributed by atoms with Crippen molar-refractivity contribution in [1.82, 2.24) is 9.80 Å². The number of β-amino-alcohol motifs (C(OH)–C–C–N with tert-alkyl or cyclic N) is 1. The molecule has 0 saturated carbocycles. The molecular formula is C11H20N2O5. The van der Waals surface area contributed by atoms with Crippen molar-refractivity contribution < 1.29 is 24.9 Å². The Bertz CT molecular complexity index is 344. The summed E-state index contributed by atoms with van der Waals surface area (Å²) in [5.41, 5.74) is -0.784. The van der Waals surface area contributed by atoms with Crippen LogP contribution in [-0.4, -0.2) is 75.0 Å². The Morgan fingerprint density at radius 1 is 1.44 bits per heavy atom. The molecule has 0 aromatic carbocycles. The average Bonchev–Trinajstić information content (AvgIpc) is 2.69. The zero-order valence-electron chi connectivity index (χ0n) is 10.8. The lowest BCUT2D eigenvalue weighted by Crippen LogP contribution is -2.55. The van der Waals surface area contributed by atoms with Gasteiger partial charge in [0.15, 0.2) is 0 Å². The number of aliphatic hydroxyl groups excluding tert-OH is 2. The Kier molecular flexibility index (Phi) is 4.18. The summed E-state index contributed by atoms with van der Waals surface area (Å²) < 4.78 is 0. The molecule has 0 radical (unpaired) electrons. The van der Waals surface area contributed by atoms with Crippen molar-refractivity contribution in [2.45, 2.75) is 38.0 Å². The maximum atomic E-state index is 12.2. The molecule has 7 nitrogen and oxygen atoms in total. The number of hydrogen-bond acceptors (Lipinski definition) is 4. The normalized spacial score (nSPS) is 24.2. The van der Waals surface area contributed by atoms with E-state index in [4.69, 9.17) is 5.11 Å². The molecule has 18 heavy (non-hydrogen) atoms. The number of likely N-dealkylation sites (tertiary alicyclic amines) is 1. The zero-order chi connectivity index (χ0) is 14.1. The van der Waals surface area contributed by atoms with E-state index in [0.29, 0.717) is 0 Å². The van der Waals surface area contributed by atoms with Crippen LogP contribution in [0.5, 0.6) is 0 Å². The topological polar surface area (TPSA) is 101 Å². The summed E-state index contributed by atoms with van der Waals surface area (Å²) in [4.78, 5) is 25.6. The summed E-state index contributed by atoms with van der Waals surface area (Å²) in [6.45, 7) is 3.12. The second kappa shape index (κ2) is 5.11. The first-order valence-electron chi connectivity index (χ1n) is 5.77. The van der Waals surface area contributed by atoms with E-state index >= 15 is 0 Å². The summed E-state index contributed by atoms with van der Waals surface area (Å²) in [6.07, 6.45) is -0.783. The van der Waals surface area contributed by atoms with Crippen molar-refractivity contribution in [3.63, 3.8) is 0 Å². The Morgan fingerprint density at radius 3 is 2.44 bits per heavy atom.